The Labute approximate surface area is 203 Å². The molecule has 0 atom stereocenters. The van der Waals surface area contributed by atoms with Crippen molar-refractivity contribution in [2.75, 3.05) is 17.7 Å². The maximum atomic E-state index is 13.4. The third kappa shape index (κ3) is 5.27. The van der Waals surface area contributed by atoms with Crippen LogP contribution in [0.25, 0.3) is 0 Å². The number of carbonyl (C=O) groups excluding carboxylic acids is 2. The number of nitrogens with one attached hydrogen (secondary N) is 2. The third-order valence-electron chi connectivity index (χ3n) is 5.36. The van der Waals surface area contributed by atoms with Gasteiger partial charge in [0.05, 0.1) is 29.4 Å². The van der Waals surface area contributed by atoms with Gasteiger partial charge in [0.25, 0.3) is 5.91 Å². The molecule has 0 spiro atoms. The summed E-state index contributed by atoms with van der Waals surface area (Å²) in [4.78, 5) is 26.0. The molecule has 2 amide bonds. The fourth-order valence-corrected chi connectivity index (χ4v) is 3.90. The highest BCUT2D eigenvalue weighted by atomic mass is 35.5. The van der Waals surface area contributed by atoms with Crippen molar-refractivity contribution in [2.24, 2.45) is 0 Å². The molecule has 0 bridgehead atoms. The Morgan fingerprint density at radius 2 is 1.26 bits per heavy atom. The Hall–Kier alpha value is -4.09. The fourth-order valence-electron chi connectivity index (χ4n) is 3.69. The molecule has 0 unspecified atom stereocenters. The van der Waals surface area contributed by atoms with Gasteiger partial charge in [-0.2, -0.15) is 0 Å². The summed E-state index contributed by atoms with van der Waals surface area (Å²) in [6, 6.07) is 31.1. The molecule has 6 heteroatoms. The molecule has 2 N–H and O–H groups in total. The maximum Gasteiger partial charge on any atom is 0.255 e. The van der Waals surface area contributed by atoms with Crippen molar-refractivity contribution in [3.05, 3.63) is 125 Å². The van der Waals surface area contributed by atoms with E-state index >= 15 is 0 Å². The number of rotatable bonds is 7. The number of anilines is 2. The first-order chi connectivity index (χ1) is 16.6. The van der Waals surface area contributed by atoms with Crippen LogP contribution in [0.5, 0.6) is 5.75 Å². The second-order valence-corrected chi connectivity index (χ2v) is 8.00. The Balaban J connectivity index is 1.61. The van der Waals surface area contributed by atoms with Crippen LogP contribution in [0.15, 0.2) is 103 Å². The fraction of sp³-hybridized carbons (Fsp3) is 0.0714. The van der Waals surface area contributed by atoms with Crippen LogP contribution in [0.1, 0.15) is 27.4 Å². The van der Waals surface area contributed by atoms with Crippen LogP contribution in [0.2, 0.25) is 5.02 Å². The molecule has 0 aliphatic carbocycles. The Morgan fingerprint density at radius 1 is 0.735 bits per heavy atom. The normalized spacial score (nSPS) is 10.6. The monoisotopic (exact) mass is 470 g/mol. The predicted octanol–water partition coefficient (Wildman–Crippen LogP) is 6.37. The molecule has 0 radical (unpaired) electrons. The van der Waals surface area contributed by atoms with E-state index in [-0.39, 0.29) is 16.8 Å². The number of hydrogen-bond donors (Lipinski definition) is 2. The highest BCUT2D eigenvalue weighted by Crippen LogP contribution is 2.36. The van der Waals surface area contributed by atoms with Crippen molar-refractivity contribution in [1.29, 1.82) is 0 Å². The molecule has 4 aromatic rings. The lowest BCUT2D eigenvalue weighted by atomic mass is 9.90. The quantitative estimate of drug-likeness (QED) is 0.329. The van der Waals surface area contributed by atoms with Gasteiger partial charge < -0.3 is 15.4 Å². The van der Waals surface area contributed by atoms with Gasteiger partial charge in [0.15, 0.2) is 0 Å². The van der Waals surface area contributed by atoms with E-state index in [1.54, 1.807) is 36.4 Å². The van der Waals surface area contributed by atoms with E-state index < -0.39 is 5.92 Å². The zero-order valence-corrected chi connectivity index (χ0v) is 19.3. The molecule has 0 aromatic heterocycles. The van der Waals surface area contributed by atoms with E-state index in [4.69, 9.17) is 16.3 Å². The first-order valence-corrected chi connectivity index (χ1v) is 11.1. The first kappa shape index (κ1) is 23.1. The predicted molar refractivity (Wildman–Crippen MR) is 136 cm³/mol. The van der Waals surface area contributed by atoms with E-state index in [0.717, 1.165) is 11.1 Å². The van der Waals surface area contributed by atoms with Crippen LogP contribution in [0, 0.1) is 0 Å². The average Bonchev–Trinajstić information content (AvgIpc) is 2.87. The van der Waals surface area contributed by atoms with Gasteiger partial charge in [-0.25, -0.2) is 0 Å². The largest absolute Gasteiger partial charge is 0.494 e. The molecular formula is C28H23ClN2O3. The minimum Gasteiger partial charge on any atom is -0.494 e. The lowest BCUT2D eigenvalue weighted by molar-refractivity contribution is -0.116. The van der Waals surface area contributed by atoms with Crippen LogP contribution < -0.4 is 15.4 Å². The van der Waals surface area contributed by atoms with Crippen LogP contribution in [0.4, 0.5) is 11.4 Å². The van der Waals surface area contributed by atoms with Crippen LogP contribution in [0.3, 0.4) is 0 Å². The lowest BCUT2D eigenvalue weighted by Crippen LogP contribution is -2.22. The van der Waals surface area contributed by atoms with E-state index in [9.17, 15) is 9.59 Å². The Morgan fingerprint density at radius 3 is 1.79 bits per heavy atom. The highest BCUT2D eigenvalue weighted by molar-refractivity contribution is 6.34. The summed E-state index contributed by atoms with van der Waals surface area (Å²) in [5, 5.41) is 6.02. The molecule has 0 aliphatic heterocycles. The molecule has 0 saturated heterocycles. The summed E-state index contributed by atoms with van der Waals surface area (Å²) in [7, 11) is 1.49. The second-order valence-electron chi connectivity index (χ2n) is 7.60. The van der Waals surface area contributed by atoms with Gasteiger partial charge in [-0.1, -0.05) is 90.5 Å². The lowest BCUT2D eigenvalue weighted by Gasteiger charge is -2.19. The number of amides is 2. The average molecular weight is 471 g/mol. The van der Waals surface area contributed by atoms with Gasteiger partial charge in [0, 0.05) is 11.6 Å². The zero-order chi connectivity index (χ0) is 23.9. The number of halogens is 1. The molecule has 170 valence electrons. The summed E-state index contributed by atoms with van der Waals surface area (Å²) in [5.41, 5.74) is 3.02. The molecule has 34 heavy (non-hydrogen) atoms. The Kier molecular flexibility index (Phi) is 7.25. The molecule has 0 fully saturated rings. The third-order valence-corrected chi connectivity index (χ3v) is 5.67. The molecule has 0 aliphatic rings. The van der Waals surface area contributed by atoms with Crippen molar-refractivity contribution in [3.63, 3.8) is 0 Å². The SMILES string of the molecule is COc1cc(NC(=O)C(c2ccccc2)c2ccccc2)c(Cl)cc1NC(=O)c1ccccc1. The van der Waals surface area contributed by atoms with Gasteiger partial charge in [-0.05, 0) is 29.3 Å². The second kappa shape index (κ2) is 10.7. The van der Waals surface area contributed by atoms with Gasteiger partial charge >= 0.3 is 0 Å². The van der Waals surface area contributed by atoms with E-state index in [0.29, 0.717) is 22.7 Å². The van der Waals surface area contributed by atoms with Crippen molar-refractivity contribution >= 4 is 34.8 Å². The molecule has 5 nitrogen and oxygen atoms in total. The van der Waals surface area contributed by atoms with Crippen molar-refractivity contribution in [1.82, 2.24) is 0 Å². The summed E-state index contributed by atoms with van der Waals surface area (Å²) in [5.74, 6) is -0.677. The van der Waals surface area contributed by atoms with Crippen LogP contribution in [-0.4, -0.2) is 18.9 Å². The Bertz CT molecular complexity index is 1240. The smallest absolute Gasteiger partial charge is 0.255 e. The first-order valence-electron chi connectivity index (χ1n) is 10.7. The topological polar surface area (TPSA) is 67.4 Å². The molecule has 0 heterocycles. The summed E-state index contributed by atoms with van der Waals surface area (Å²) >= 11 is 6.51. The number of methoxy groups -OCH3 is 1. The minimum absolute atomic E-state index is 0.234. The number of hydrogen-bond acceptors (Lipinski definition) is 3. The van der Waals surface area contributed by atoms with Crippen molar-refractivity contribution in [2.45, 2.75) is 5.92 Å². The summed E-state index contributed by atoms with van der Waals surface area (Å²) in [6.07, 6.45) is 0. The van der Waals surface area contributed by atoms with Crippen molar-refractivity contribution < 1.29 is 14.3 Å². The number of ether oxygens (including phenoxy) is 1. The highest BCUT2D eigenvalue weighted by Gasteiger charge is 2.24. The zero-order valence-electron chi connectivity index (χ0n) is 18.5. The molecular weight excluding hydrogens is 448 g/mol. The van der Waals surface area contributed by atoms with Gasteiger partial charge in [0.1, 0.15) is 5.75 Å². The van der Waals surface area contributed by atoms with E-state index in [1.807, 2.05) is 66.7 Å². The maximum absolute atomic E-state index is 13.4. The molecule has 4 rings (SSSR count). The standard InChI is InChI=1S/C28H23ClN2O3/c1-34-25-18-23(22(29)17-24(25)31-27(32)21-15-9-4-10-16-21)30-28(33)26(19-11-5-2-6-12-19)20-13-7-3-8-14-20/h2-18,26H,1H3,(H,30,33)(H,31,32). The van der Waals surface area contributed by atoms with Gasteiger partial charge in [-0.15, -0.1) is 0 Å². The molecule has 4 aromatic carbocycles. The van der Waals surface area contributed by atoms with E-state index in [1.165, 1.54) is 7.11 Å². The number of carbonyl (C=O) groups is 2. The van der Waals surface area contributed by atoms with Gasteiger partial charge in [0.2, 0.25) is 5.91 Å². The van der Waals surface area contributed by atoms with Crippen LogP contribution >= 0.6 is 11.6 Å². The van der Waals surface area contributed by atoms with Crippen LogP contribution in [-0.2, 0) is 4.79 Å². The van der Waals surface area contributed by atoms with Gasteiger partial charge in [-0.3, -0.25) is 9.59 Å². The molecule has 0 saturated carbocycles. The summed E-state index contributed by atoms with van der Waals surface area (Å²) < 4.78 is 5.46. The van der Waals surface area contributed by atoms with E-state index in [2.05, 4.69) is 10.6 Å². The van der Waals surface area contributed by atoms with Crippen molar-refractivity contribution in [3.8, 4) is 5.75 Å². The minimum atomic E-state index is -0.526. The summed E-state index contributed by atoms with van der Waals surface area (Å²) in [6.45, 7) is 0. The number of benzene rings is 4.